The average molecular weight is 244 g/mol. The van der Waals surface area contributed by atoms with E-state index in [2.05, 4.69) is 66.5 Å². The van der Waals surface area contributed by atoms with Crippen molar-refractivity contribution in [2.24, 2.45) is 0 Å². The van der Waals surface area contributed by atoms with Crippen LogP contribution in [0.2, 0.25) is 0 Å². The molecule has 2 aromatic carbocycles. The molecular formula is C15H14ClN. The van der Waals surface area contributed by atoms with Gasteiger partial charge in [-0.2, -0.15) is 0 Å². The van der Waals surface area contributed by atoms with E-state index in [1.54, 1.807) is 0 Å². The lowest BCUT2D eigenvalue weighted by Gasteiger charge is -2.01. The second kappa shape index (κ2) is 4.64. The molecule has 0 amide bonds. The summed E-state index contributed by atoms with van der Waals surface area (Å²) in [6, 6.07) is 19.0. The summed E-state index contributed by atoms with van der Waals surface area (Å²) in [5, 5.41) is 1.26. The zero-order valence-corrected chi connectivity index (χ0v) is 10.4. The molecule has 0 aliphatic carbocycles. The molecule has 0 fully saturated rings. The van der Waals surface area contributed by atoms with Gasteiger partial charge in [0.1, 0.15) is 0 Å². The summed E-state index contributed by atoms with van der Waals surface area (Å²) < 4.78 is 0. The zero-order chi connectivity index (χ0) is 11.0. The normalized spacial score (nSPS) is 10.2. The largest absolute Gasteiger partial charge is 0.355 e. The number of hydrogen-bond donors (Lipinski definition) is 1. The number of rotatable bonds is 1. The molecule has 3 aromatic rings. The lowest BCUT2D eigenvalue weighted by Crippen LogP contribution is -1.81. The number of fused-ring (bicyclic) bond motifs is 1. The maximum Gasteiger partial charge on any atom is 0.0467 e. The number of hydrogen-bond acceptors (Lipinski definition) is 0. The van der Waals surface area contributed by atoms with Gasteiger partial charge in [0.25, 0.3) is 0 Å². The van der Waals surface area contributed by atoms with Crippen LogP contribution >= 0.6 is 12.4 Å². The van der Waals surface area contributed by atoms with Crippen molar-refractivity contribution in [3.63, 3.8) is 0 Å². The van der Waals surface area contributed by atoms with E-state index in [0.717, 1.165) is 0 Å². The Kier molecular flexibility index (Phi) is 3.21. The van der Waals surface area contributed by atoms with Crippen LogP contribution in [-0.4, -0.2) is 4.98 Å². The van der Waals surface area contributed by atoms with E-state index in [4.69, 9.17) is 0 Å². The molecule has 0 aliphatic heterocycles. The Balaban J connectivity index is 0.00000108. The first-order valence-corrected chi connectivity index (χ1v) is 5.48. The minimum atomic E-state index is 0. The van der Waals surface area contributed by atoms with Crippen LogP contribution < -0.4 is 0 Å². The van der Waals surface area contributed by atoms with Crippen LogP contribution in [0.1, 0.15) is 5.56 Å². The van der Waals surface area contributed by atoms with Gasteiger partial charge >= 0.3 is 0 Å². The topological polar surface area (TPSA) is 15.8 Å². The Morgan fingerprint density at radius 1 is 0.882 bits per heavy atom. The maximum atomic E-state index is 3.45. The van der Waals surface area contributed by atoms with Crippen molar-refractivity contribution in [1.82, 2.24) is 4.98 Å². The molecule has 1 N–H and O–H groups in total. The van der Waals surface area contributed by atoms with E-state index in [0.29, 0.717) is 0 Å². The first-order valence-electron chi connectivity index (χ1n) is 5.48. The van der Waals surface area contributed by atoms with Crippen LogP contribution in [0, 0.1) is 6.92 Å². The molecule has 0 aliphatic rings. The summed E-state index contributed by atoms with van der Waals surface area (Å²) in [7, 11) is 0. The van der Waals surface area contributed by atoms with E-state index in [-0.39, 0.29) is 12.4 Å². The summed E-state index contributed by atoms with van der Waals surface area (Å²) >= 11 is 0. The number of H-pyrrole nitrogens is 1. The summed E-state index contributed by atoms with van der Waals surface area (Å²) in [6.45, 7) is 2.14. The van der Waals surface area contributed by atoms with E-state index in [1.807, 2.05) is 0 Å². The van der Waals surface area contributed by atoms with Crippen molar-refractivity contribution in [2.75, 3.05) is 0 Å². The minimum Gasteiger partial charge on any atom is -0.355 e. The summed E-state index contributed by atoms with van der Waals surface area (Å²) in [5.41, 5.74) is 4.97. The number of benzene rings is 2. The molecule has 86 valence electrons. The molecule has 1 nitrogen and oxygen atoms in total. The predicted octanol–water partition coefficient (Wildman–Crippen LogP) is 4.57. The lowest BCUT2D eigenvalue weighted by atomic mass is 10.1. The lowest BCUT2D eigenvalue weighted by molar-refractivity contribution is 1.40. The molecule has 0 atom stereocenters. The van der Waals surface area contributed by atoms with E-state index in [1.165, 1.54) is 27.7 Å². The second-order valence-corrected chi connectivity index (χ2v) is 4.09. The van der Waals surface area contributed by atoms with E-state index in [9.17, 15) is 0 Å². The van der Waals surface area contributed by atoms with Gasteiger partial charge in [-0.1, -0.05) is 42.5 Å². The number of aromatic nitrogens is 1. The Hall–Kier alpha value is -1.73. The highest BCUT2D eigenvalue weighted by molar-refractivity contribution is 5.86. The fraction of sp³-hybridized carbons (Fsp3) is 0.0667. The van der Waals surface area contributed by atoms with E-state index >= 15 is 0 Å². The number of halogens is 1. The molecule has 0 spiro atoms. The third kappa shape index (κ3) is 2.06. The van der Waals surface area contributed by atoms with E-state index < -0.39 is 0 Å². The SMILES string of the molecule is Cc1ccccc1-c1cc2ccccc2[nH]1.Cl. The highest BCUT2D eigenvalue weighted by Crippen LogP contribution is 2.26. The molecule has 0 unspecified atom stereocenters. The van der Waals surface area contributed by atoms with Crippen molar-refractivity contribution in [2.45, 2.75) is 6.92 Å². The standard InChI is InChI=1S/C15H13N.ClH/c1-11-6-2-4-8-13(11)15-10-12-7-3-5-9-14(12)16-15;/h2-10,16H,1H3;1H. The number of nitrogens with one attached hydrogen (secondary N) is 1. The number of aryl methyl sites for hydroxylation is 1. The number of para-hydroxylation sites is 1. The summed E-state index contributed by atoms with van der Waals surface area (Å²) in [4.78, 5) is 3.45. The van der Waals surface area contributed by atoms with Gasteiger partial charge in [0, 0.05) is 22.2 Å². The molecular weight excluding hydrogens is 230 g/mol. The second-order valence-electron chi connectivity index (χ2n) is 4.09. The molecule has 1 aromatic heterocycles. The van der Waals surface area contributed by atoms with Crippen LogP contribution in [0.3, 0.4) is 0 Å². The van der Waals surface area contributed by atoms with Gasteiger partial charge in [-0.3, -0.25) is 0 Å². The van der Waals surface area contributed by atoms with Crippen LogP contribution in [0.4, 0.5) is 0 Å². The van der Waals surface area contributed by atoms with Gasteiger partial charge in [-0.15, -0.1) is 12.4 Å². The van der Waals surface area contributed by atoms with Crippen LogP contribution in [-0.2, 0) is 0 Å². The summed E-state index contributed by atoms with van der Waals surface area (Å²) in [6.07, 6.45) is 0. The molecule has 17 heavy (non-hydrogen) atoms. The highest BCUT2D eigenvalue weighted by atomic mass is 35.5. The third-order valence-corrected chi connectivity index (χ3v) is 2.97. The summed E-state index contributed by atoms with van der Waals surface area (Å²) in [5.74, 6) is 0. The highest BCUT2D eigenvalue weighted by Gasteiger charge is 2.04. The molecule has 2 heteroatoms. The smallest absolute Gasteiger partial charge is 0.0467 e. The third-order valence-electron chi connectivity index (χ3n) is 2.97. The van der Waals surface area contributed by atoms with Gasteiger partial charge in [0.2, 0.25) is 0 Å². The van der Waals surface area contributed by atoms with Crippen molar-refractivity contribution in [1.29, 1.82) is 0 Å². The van der Waals surface area contributed by atoms with Crippen molar-refractivity contribution in [3.8, 4) is 11.3 Å². The molecule has 0 saturated carbocycles. The van der Waals surface area contributed by atoms with Crippen LogP contribution in [0.5, 0.6) is 0 Å². The van der Waals surface area contributed by atoms with Crippen molar-refractivity contribution >= 4 is 23.3 Å². The predicted molar refractivity (Wildman–Crippen MR) is 75.7 cm³/mol. The zero-order valence-electron chi connectivity index (χ0n) is 9.60. The van der Waals surface area contributed by atoms with Crippen molar-refractivity contribution < 1.29 is 0 Å². The van der Waals surface area contributed by atoms with Gasteiger partial charge in [0.05, 0.1) is 0 Å². The van der Waals surface area contributed by atoms with Crippen LogP contribution in [0.15, 0.2) is 54.6 Å². The molecule has 0 bridgehead atoms. The van der Waals surface area contributed by atoms with Gasteiger partial charge in [0.15, 0.2) is 0 Å². The van der Waals surface area contributed by atoms with Gasteiger partial charge in [-0.25, -0.2) is 0 Å². The quantitative estimate of drug-likeness (QED) is 0.645. The average Bonchev–Trinajstić information content (AvgIpc) is 2.73. The Morgan fingerprint density at radius 3 is 2.35 bits per heavy atom. The Bertz CT molecular complexity index is 607. The van der Waals surface area contributed by atoms with Gasteiger partial charge in [-0.05, 0) is 24.6 Å². The fourth-order valence-electron chi connectivity index (χ4n) is 2.09. The Labute approximate surface area is 107 Å². The first kappa shape index (κ1) is 11.7. The monoisotopic (exact) mass is 243 g/mol. The Morgan fingerprint density at radius 2 is 1.59 bits per heavy atom. The molecule has 0 radical (unpaired) electrons. The van der Waals surface area contributed by atoms with Crippen molar-refractivity contribution in [3.05, 3.63) is 60.2 Å². The molecule has 0 saturated heterocycles. The van der Waals surface area contributed by atoms with Crippen LogP contribution in [0.25, 0.3) is 22.2 Å². The minimum absolute atomic E-state index is 0. The maximum absolute atomic E-state index is 3.45. The molecule has 1 heterocycles. The number of aromatic amines is 1. The fourth-order valence-corrected chi connectivity index (χ4v) is 2.09. The van der Waals surface area contributed by atoms with Gasteiger partial charge < -0.3 is 4.98 Å². The molecule has 3 rings (SSSR count). The first-order chi connectivity index (χ1) is 7.84.